The second-order valence-corrected chi connectivity index (χ2v) is 6.10. The first-order chi connectivity index (χ1) is 12.2. The van der Waals surface area contributed by atoms with E-state index in [1.165, 1.54) is 13.2 Å². The van der Waals surface area contributed by atoms with Crippen LogP contribution in [0.3, 0.4) is 0 Å². The molecule has 1 aliphatic rings. The minimum Gasteiger partial charge on any atom is -0.375 e. The number of halogens is 3. The van der Waals surface area contributed by atoms with Gasteiger partial charge in [-0.25, -0.2) is 4.79 Å². The Labute approximate surface area is 149 Å². The summed E-state index contributed by atoms with van der Waals surface area (Å²) in [6, 6.07) is 3.15. The van der Waals surface area contributed by atoms with E-state index in [1.54, 1.807) is 16.7 Å². The van der Waals surface area contributed by atoms with Crippen LogP contribution in [0, 0.1) is 6.92 Å². The van der Waals surface area contributed by atoms with Crippen molar-refractivity contribution in [3.05, 3.63) is 34.9 Å². The van der Waals surface area contributed by atoms with Gasteiger partial charge in [0.2, 0.25) is 5.91 Å². The van der Waals surface area contributed by atoms with Crippen LogP contribution in [0.25, 0.3) is 0 Å². The summed E-state index contributed by atoms with van der Waals surface area (Å²) < 4.78 is 42.8. The molecule has 0 unspecified atom stereocenters. The number of hydrogen-bond donors (Lipinski definition) is 1. The molecule has 2 rings (SSSR count). The Morgan fingerprint density at radius 2 is 1.77 bits per heavy atom. The number of ether oxygens (including phenoxy) is 1. The van der Waals surface area contributed by atoms with E-state index in [4.69, 9.17) is 4.74 Å². The number of carbonyl (C=O) groups is 2. The highest BCUT2D eigenvalue weighted by Crippen LogP contribution is 2.30. The SMILES string of the molecule is COCC(=O)N1CCN(C(=O)NCc2ccc(C(F)(F)F)cc2C)CC1. The summed E-state index contributed by atoms with van der Waals surface area (Å²) in [5.41, 5.74) is 0.386. The molecular formula is C17H22F3N3O3. The lowest BCUT2D eigenvalue weighted by atomic mass is 10.0. The van der Waals surface area contributed by atoms with Crippen molar-refractivity contribution in [2.45, 2.75) is 19.6 Å². The van der Waals surface area contributed by atoms with E-state index in [1.807, 2.05) is 0 Å². The first-order valence-electron chi connectivity index (χ1n) is 8.18. The lowest BCUT2D eigenvalue weighted by Gasteiger charge is -2.34. The highest BCUT2D eigenvalue weighted by Gasteiger charge is 2.30. The van der Waals surface area contributed by atoms with Crippen molar-refractivity contribution in [2.24, 2.45) is 0 Å². The van der Waals surface area contributed by atoms with Gasteiger partial charge in [0, 0.05) is 39.8 Å². The fourth-order valence-electron chi connectivity index (χ4n) is 2.73. The maximum Gasteiger partial charge on any atom is 0.416 e. The van der Waals surface area contributed by atoms with E-state index in [0.717, 1.165) is 12.1 Å². The topological polar surface area (TPSA) is 61.9 Å². The molecule has 3 amide bonds. The van der Waals surface area contributed by atoms with Crippen LogP contribution < -0.4 is 5.32 Å². The summed E-state index contributed by atoms with van der Waals surface area (Å²) in [6.07, 6.45) is -4.38. The van der Waals surface area contributed by atoms with E-state index >= 15 is 0 Å². The predicted molar refractivity (Wildman–Crippen MR) is 88.4 cm³/mol. The Kier molecular flexibility index (Phi) is 6.47. The molecule has 0 saturated carbocycles. The van der Waals surface area contributed by atoms with Gasteiger partial charge < -0.3 is 19.9 Å². The van der Waals surface area contributed by atoms with Crippen LogP contribution >= 0.6 is 0 Å². The minimum absolute atomic E-state index is 0.0133. The monoisotopic (exact) mass is 373 g/mol. The molecule has 1 aromatic rings. The van der Waals surface area contributed by atoms with Crippen molar-refractivity contribution in [3.8, 4) is 0 Å². The van der Waals surface area contributed by atoms with Gasteiger partial charge in [0.1, 0.15) is 6.61 Å². The van der Waals surface area contributed by atoms with Crippen LogP contribution in [0.5, 0.6) is 0 Å². The van der Waals surface area contributed by atoms with E-state index in [-0.39, 0.29) is 25.1 Å². The van der Waals surface area contributed by atoms with Crippen LogP contribution in [0.4, 0.5) is 18.0 Å². The Bertz CT molecular complexity index is 656. The largest absolute Gasteiger partial charge is 0.416 e. The van der Waals surface area contributed by atoms with Crippen molar-refractivity contribution in [1.82, 2.24) is 15.1 Å². The highest BCUT2D eigenvalue weighted by atomic mass is 19.4. The van der Waals surface area contributed by atoms with Gasteiger partial charge in [0.25, 0.3) is 0 Å². The number of carbonyl (C=O) groups excluding carboxylic acids is 2. The molecule has 1 heterocycles. The van der Waals surface area contributed by atoms with E-state index in [0.29, 0.717) is 37.3 Å². The van der Waals surface area contributed by atoms with Crippen LogP contribution in [-0.4, -0.2) is 61.6 Å². The number of alkyl halides is 3. The lowest BCUT2D eigenvalue weighted by molar-refractivity contribution is -0.138. The van der Waals surface area contributed by atoms with Gasteiger partial charge in [-0.2, -0.15) is 13.2 Å². The molecule has 0 spiro atoms. The number of nitrogens with one attached hydrogen (secondary N) is 1. The van der Waals surface area contributed by atoms with E-state index in [2.05, 4.69) is 5.32 Å². The third-order valence-electron chi connectivity index (χ3n) is 4.29. The standard InChI is InChI=1S/C17H22F3N3O3/c1-12-9-14(17(18,19)20)4-3-13(12)10-21-16(25)23-7-5-22(6-8-23)15(24)11-26-2/h3-4,9H,5-8,10-11H2,1-2H3,(H,21,25). The number of urea groups is 1. The fraction of sp³-hybridized carbons (Fsp3) is 0.529. The van der Waals surface area contributed by atoms with Gasteiger partial charge in [0.15, 0.2) is 0 Å². The van der Waals surface area contributed by atoms with Gasteiger partial charge in [-0.05, 0) is 30.2 Å². The summed E-state index contributed by atoms with van der Waals surface area (Å²) in [5, 5.41) is 2.71. The minimum atomic E-state index is -4.38. The Morgan fingerprint density at radius 1 is 1.15 bits per heavy atom. The number of hydrogen-bond acceptors (Lipinski definition) is 3. The van der Waals surface area contributed by atoms with Crippen molar-refractivity contribution < 1.29 is 27.5 Å². The zero-order valence-corrected chi connectivity index (χ0v) is 14.7. The van der Waals surface area contributed by atoms with Crippen molar-refractivity contribution in [3.63, 3.8) is 0 Å². The molecular weight excluding hydrogens is 351 g/mol. The average Bonchev–Trinajstić information content (AvgIpc) is 2.60. The zero-order chi connectivity index (χ0) is 19.3. The van der Waals surface area contributed by atoms with Crippen molar-refractivity contribution in [1.29, 1.82) is 0 Å². The fourth-order valence-corrected chi connectivity index (χ4v) is 2.73. The number of amides is 3. The smallest absolute Gasteiger partial charge is 0.375 e. The van der Waals surface area contributed by atoms with Crippen molar-refractivity contribution in [2.75, 3.05) is 39.9 Å². The summed E-state index contributed by atoms with van der Waals surface area (Å²) in [6.45, 7) is 3.38. The molecule has 0 atom stereocenters. The number of aryl methyl sites for hydroxylation is 1. The highest BCUT2D eigenvalue weighted by molar-refractivity contribution is 5.78. The van der Waals surface area contributed by atoms with Gasteiger partial charge in [0.05, 0.1) is 5.56 Å². The Balaban J connectivity index is 1.85. The maximum atomic E-state index is 12.7. The Morgan fingerprint density at radius 3 is 2.31 bits per heavy atom. The van der Waals surface area contributed by atoms with Gasteiger partial charge in [-0.15, -0.1) is 0 Å². The van der Waals surface area contributed by atoms with Gasteiger partial charge in [-0.3, -0.25) is 4.79 Å². The molecule has 0 radical (unpaired) electrons. The number of methoxy groups -OCH3 is 1. The average molecular weight is 373 g/mol. The van der Waals surface area contributed by atoms with Gasteiger partial charge >= 0.3 is 12.2 Å². The van der Waals surface area contributed by atoms with Crippen LogP contribution in [0.15, 0.2) is 18.2 Å². The van der Waals surface area contributed by atoms with Crippen LogP contribution in [0.1, 0.15) is 16.7 Å². The molecule has 0 bridgehead atoms. The van der Waals surface area contributed by atoms with Crippen molar-refractivity contribution >= 4 is 11.9 Å². The van der Waals surface area contributed by atoms with Gasteiger partial charge in [-0.1, -0.05) is 6.07 Å². The normalized spacial score (nSPS) is 15.1. The number of benzene rings is 1. The number of nitrogens with zero attached hydrogens (tertiary/aromatic N) is 2. The summed E-state index contributed by atoms with van der Waals surface area (Å²) in [4.78, 5) is 27.2. The van der Waals surface area contributed by atoms with E-state index < -0.39 is 11.7 Å². The molecule has 1 N–H and O–H groups in total. The van der Waals surface area contributed by atoms with E-state index in [9.17, 15) is 22.8 Å². The second-order valence-electron chi connectivity index (χ2n) is 6.10. The second kappa shape index (κ2) is 8.39. The number of rotatable bonds is 4. The number of piperazine rings is 1. The summed E-state index contributed by atoms with van der Waals surface area (Å²) in [5.74, 6) is -0.118. The first kappa shape index (κ1) is 20.0. The van der Waals surface area contributed by atoms with Crippen LogP contribution in [-0.2, 0) is 22.3 Å². The molecule has 1 aliphatic heterocycles. The summed E-state index contributed by atoms with van der Waals surface area (Å²) in [7, 11) is 1.45. The quantitative estimate of drug-likeness (QED) is 0.878. The lowest BCUT2D eigenvalue weighted by Crippen LogP contribution is -2.53. The molecule has 6 nitrogen and oxygen atoms in total. The van der Waals surface area contributed by atoms with Crippen LogP contribution in [0.2, 0.25) is 0 Å². The third kappa shape index (κ3) is 5.10. The molecule has 144 valence electrons. The molecule has 1 saturated heterocycles. The first-order valence-corrected chi connectivity index (χ1v) is 8.18. The predicted octanol–water partition coefficient (Wildman–Crippen LogP) is 2.01. The molecule has 1 fully saturated rings. The molecule has 9 heteroatoms. The zero-order valence-electron chi connectivity index (χ0n) is 14.7. The Hall–Kier alpha value is -2.29. The maximum absolute atomic E-state index is 12.7. The third-order valence-corrected chi connectivity index (χ3v) is 4.29. The molecule has 0 aromatic heterocycles. The molecule has 0 aliphatic carbocycles. The molecule has 1 aromatic carbocycles. The summed E-state index contributed by atoms with van der Waals surface area (Å²) >= 11 is 0. The molecule has 26 heavy (non-hydrogen) atoms.